The Morgan fingerprint density at radius 1 is 1.19 bits per heavy atom. The molecule has 5 nitrogen and oxygen atoms in total. The van der Waals surface area contributed by atoms with Crippen LogP contribution in [-0.2, 0) is 4.79 Å². The van der Waals surface area contributed by atoms with Gasteiger partial charge in [0.25, 0.3) is 5.91 Å². The highest BCUT2D eigenvalue weighted by molar-refractivity contribution is 5.94. The van der Waals surface area contributed by atoms with E-state index in [4.69, 9.17) is 0 Å². The molecule has 140 valence electrons. The number of carbonyl (C=O) groups is 2. The molecule has 2 amide bonds. The van der Waals surface area contributed by atoms with Gasteiger partial charge in [-0.1, -0.05) is 12.1 Å². The van der Waals surface area contributed by atoms with E-state index >= 15 is 0 Å². The number of rotatable bonds is 5. The zero-order valence-electron chi connectivity index (χ0n) is 15.0. The number of hydrogen-bond donors (Lipinski definition) is 1. The van der Waals surface area contributed by atoms with E-state index in [1.54, 1.807) is 42.7 Å². The topological polar surface area (TPSA) is 62.3 Å². The molecule has 0 spiro atoms. The van der Waals surface area contributed by atoms with Gasteiger partial charge in [0, 0.05) is 38.1 Å². The van der Waals surface area contributed by atoms with Crippen molar-refractivity contribution in [3.63, 3.8) is 0 Å². The summed E-state index contributed by atoms with van der Waals surface area (Å²) >= 11 is 0. The molecule has 1 aliphatic heterocycles. The van der Waals surface area contributed by atoms with Crippen molar-refractivity contribution < 1.29 is 14.0 Å². The first kappa shape index (κ1) is 18.8. The Hall–Kier alpha value is -3.02. The van der Waals surface area contributed by atoms with Crippen molar-refractivity contribution in [2.75, 3.05) is 19.6 Å². The average Bonchev–Trinajstić information content (AvgIpc) is 2.72. The Morgan fingerprint density at radius 2 is 1.93 bits per heavy atom. The zero-order chi connectivity index (χ0) is 19.1. The van der Waals surface area contributed by atoms with E-state index in [0.29, 0.717) is 31.1 Å². The van der Waals surface area contributed by atoms with Crippen molar-refractivity contribution >= 4 is 17.9 Å². The number of amides is 2. The zero-order valence-corrected chi connectivity index (χ0v) is 15.0. The Kier molecular flexibility index (Phi) is 6.30. The van der Waals surface area contributed by atoms with Crippen LogP contribution in [-0.4, -0.2) is 41.3 Å². The fourth-order valence-electron chi connectivity index (χ4n) is 3.06. The second kappa shape index (κ2) is 9.07. The summed E-state index contributed by atoms with van der Waals surface area (Å²) in [5, 5.41) is 2.90. The van der Waals surface area contributed by atoms with Crippen molar-refractivity contribution in [1.29, 1.82) is 0 Å². The number of halogens is 1. The minimum Gasteiger partial charge on any atom is -0.352 e. The molecule has 27 heavy (non-hydrogen) atoms. The molecule has 0 unspecified atom stereocenters. The molecule has 0 saturated carbocycles. The number of nitrogens with zero attached hydrogens (tertiary/aromatic N) is 2. The summed E-state index contributed by atoms with van der Waals surface area (Å²) in [4.78, 5) is 30.2. The maximum atomic E-state index is 12.9. The second-order valence-corrected chi connectivity index (χ2v) is 6.61. The SMILES string of the molecule is O=C(/C=C/c1ccc(F)cc1)NCC1CCN(C(=O)c2cccnc2)CC1. The third-order valence-corrected chi connectivity index (χ3v) is 4.67. The maximum Gasteiger partial charge on any atom is 0.255 e. The van der Waals surface area contributed by atoms with Crippen molar-refractivity contribution in [3.8, 4) is 0 Å². The molecule has 0 atom stereocenters. The van der Waals surface area contributed by atoms with Gasteiger partial charge in [0.05, 0.1) is 5.56 Å². The van der Waals surface area contributed by atoms with E-state index in [-0.39, 0.29) is 17.6 Å². The fraction of sp³-hybridized carbons (Fsp3) is 0.286. The summed E-state index contributed by atoms with van der Waals surface area (Å²) in [5.41, 5.74) is 1.38. The molecular weight excluding hydrogens is 345 g/mol. The van der Waals surface area contributed by atoms with Crippen molar-refractivity contribution in [1.82, 2.24) is 15.2 Å². The van der Waals surface area contributed by atoms with Gasteiger partial charge >= 0.3 is 0 Å². The Morgan fingerprint density at radius 3 is 2.59 bits per heavy atom. The summed E-state index contributed by atoms with van der Waals surface area (Å²) < 4.78 is 12.9. The molecule has 0 aliphatic carbocycles. The fourth-order valence-corrected chi connectivity index (χ4v) is 3.06. The van der Waals surface area contributed by atoms with Crippen LogP contribution in [0.1, 0.15) is 28.8 Å². The predicted molar refractivity (Wildman–Crippen MR) is 101 cm³/mol. The second-order valence-electron chi connectivity index (χ2n) is 6.61. The molecule has 1 N–H and O–H groups in total. The summed E-state index contributed by atoms with van der Waals surface area (Å²) in [6.07, 6.45) is 8.05. The minimum atomic E-state index is -0.301. The normalized spacial score (nSPS) is 15.1. The van der Waals surface area contributed by atoms with Gasteiger partial charge in [-0.25, -0.2) is 4.39 Å². The molecule has 1 saturated heterocycles. The largest absolute Gasteiger partial charge is 0.352 e. The summed E-state index contributed by atoms with van der Waals surface area (Å²) in [5.74, 6) is -0.114. The van der Waals surface area contributed by atoms with Gasteiger partial charge in [-0.05, 0) is 54.7 Å². The third-order valence-electron chi connectivity index (χ3n) is 4.67. The van der Waals surface area contributed by atoms with Crippen LogP contribution >= 0.6 is 0 Å². The first-order valence-corrected chi connectivity index (χ1v) is 9.02. The molecule has 1 aromatic carbocycles. The van der Waals surface area contributed by atoms with Gasteiger partial charge in [-0.3, -0.25) is 14.6 Å². The number of benzene rings is 1. The van der Waals surface area contributed by atoms with Gasteiger partial charge in [0.2, 0.25) is 5.91 Å². The number of piperidine rings is 1. The highest BCUT2D eigenvalue weighted by Crippen LogP contribution is 2.18. The lowest BCUT2D eigenvalue weighted by atomic mass is 9.96. The smallest absolute Gasteiger partial charge is 0.255 e. The van der Waals surface area contributed by atoms with Gasteiger partial charge in [0.15, 0.2) is 0 Å². The van der Waals surface area contributed by atoms with Gasteiger partial charge < -0.3 is 10.2 Å². The maximum absolute atomic E-state index is 12.9. The van der Waals surface area contributed by atoms with Crippen molar-refractivity contribution in [2.45, 2.75) is 12.8 Å². The van der Waals surface area contributed by atoms with Gasteiger partial charge in [0.1, 0.15) is 5.82 Å². The van der Waals surface area contributed by atoms with Crippen LogP contribution < -0.4 is 5.32 Å². The molecular formula is C21H22FN3O2. The molecule has 1 fully saturated rings. The number of aromatic nitrogens is 1. The van der Waals surface area contributed by atoms with Crippen LogP contribution in [0, 0.1) is 11.7 Å². The van der Waals surface area contributed by atoms with Crippen molar-refractivity contribution in [2.24, 2.45) is 5.92 Å². The lowest BCUT2D eigenvalue weighted by Crippen LogP contribution is -2.41. The predicted octanol–water partition coefficient (Wildman–Crippen LogP) is 2.90. The first-order chi connectivity index (χ1) is 13.1. The third kappa shape index (κ3) is 5.48. The molecule has 3 rings (SSSR count). The molecule has 0 radical (unpaired) electrons. The summed E-state index contributed by atoms with van der Waals surface area (Å²) in [6.45, 7) is 1.95. The Bertz CT molecular complexity index is 798. The van der Waals surface area contributed by atoms with E-state index in [1.807, 2.05) is 4.90 Å². The van der Waals surface area contributed by atoms with E-state index in [9.17, 15) is 14.0 Å². The van der Waals surface area contributed by atoms with Crippen LogP contribution in [0.4, 0.5) is 4.39 Å². The molecule has 1 aliphatic rings. The van der Waals surface area contributed by atoms with Crippen LogP contribution in [0.15, 0.2) is 54.9 Å². The molecule has 2 aromatic rings. The van der Waals surface area contributed by atoms with E-state index in [2.05, 4.69) is 10.3 Å². The summed E-state index contributed by atoms with van der Waals surface area (Å²) in [6, 6.07) is 9.49. The van der Waals surface area contributed by atoms with Gasteiger partial charge in [-0.15, -0.1) is 0 Å². The van der Waals surface area contributed by atoms with Crippen LogP contribution in [0.2, 0.25) is 0 Å². The van der Waals surface area contributed by atoms with Crippen LogP contribution in [0.25, 0.3) is 6.08 Å². The van der Waals surface area contributed by atoms with Gasteiger partial charge in [-0.2, -0.15) is 0 Å². The average molecular weight is 367 g/mol. The molecule has 1 aromatic heterocycles. The monoisotopic (exact) mass is 367 g/mol. The van der Waals surface area contributed by atoms with Crippen LogP contribution in [0.5, 0.6) is 0 Å². The number of nitrogens with one attached hydrogen (secondary N) is 1. The number of pyridine rings is 1. The quantitative estimate of drug-likeness (QED) is 0.827. The lowest BCUT2D eigenvalue weighted by Gasteiger charge is -2.32. The lowest BCUT2D eigenvalue weighted by molar-refractivity contribution is -0.116. The highest BCUT2D eigenvalue weighted by atomic mass is 19.1. The first-order valence-electron chi connectivity index (χ1n) is 9.02. The van der Waals surface area contributed by atoms with E-state index < -0.39 is 0 Å². The minimum absolute atomic E-state index is 0.00724. The van der Waals surface area contributed by atoms with Crippen molar-refractivity contribution in [3.05, 3.63) is 71.8 Å². The number of carbonyl (C=O) groups excluding carboxylic acids is 2. The van der Waals surface area contributed by atoms with E-state index in [0.717, 1.165) is 18.4 Å². The Labute approximate surface area is 157 Å². The molecule has 2 heterocycles. The van der Waals surface area contributed by atoms with Crippen LogP contribution in [0.3, 0.4) is 0 Å². The molecule has 6 heteroatoms. The van der Waals surface area contributed by atoms with E-state index in [1.165, 1.54) is 18.2 Å². The highest BCUT2D eigenvalue weighted by Gasteiger charge is 2.23. The number of likely N-dealkylation sites (tertiary alicyclic amines) is 1. The summed E-state index contributed by atoms with van der Waals surface area (Å²) in [7, 11) is 0. The molecule has 0 bridgehead atoms. The Balaban J connectivity index is 1.41. The number of hydrogen-bond acceptors (Lipinski definition) is 3. The standard InChI is InChI=1S/C21H22FN3O2/c22-19-6-3-16(4-7-19)5-8-20(26)24-14-17-9-12-25(13-10-17)21(27)18-2-1-11-23-15-18/h1-8,11,15,17H,9-10,12-14H2,(H,24,26)/b8-5+.